The number of aliphatic hydroxyl groups is 1. The fourth-order valence-corrected chi connectivity index (χ4v) is 6.91. The molecule has 1 saturated carbocycles. The lowest BCUT2D eigenvalue weighted by molar-refractivity contribution is -0.123. The average Bonchev–Trinajstić information content (AvgIpc) is 2.96. The van der Waals surface area contributed by atoms with Crippen molar-refractivity contribution in [1.82, 2.24) is 0 Å². The first-order valence-corrected chi connectivity index (χ1v) is 14.7. The maximum absolute atomic E-state index is 14.0. The minimum Gasteiger partial charge on any atom is -0.508 e. The highest BCUT2D eigenvalue weighted by Gasteiger charge is 2.51. The molecule has 3 aliphatic rings. The molecule has 224 valence electrons. The molecule has 3 N–H and O–H groups in total. The fourth-order valence-electron chi connectivity index (χ4n) is 6.91. The molecule has 6 nitrogen and oxygen atoms in total. The van der Waals surface area contributed by atoms with Crippen LogP contribution in [0.3, 0.4) is 0 Å². The summed E-state index contributed by atoms with van der Waals surface area (Å²) in [5.74, 6) is 1.20. The summed E-state index contributed by atoms with van der Waals surface area (Å²) in [7, 11) is 3.00. The van der Waals surface area contributed by atoms with Crippen molar-refractivity contribution in [3.63, 3.8) is 0 Å². The summed E-state index contributed by atoms with van der Waals surface area (Å²) in [5, 5.41) is 30.9. The molecule has 0 amide bonds. The van der Waals surface area contributed by atoms with Crippen LogP contribution >= 0.6 is 0 Å². The molecule has 0 aromatic heterocycles. The van der Waals surface area contributed by atoms with Gasteiger partial charge >= 0.3 is 0 Å². The van der Waals surface area contributed by atoms with Crippen molar-refractivity contribution in [2.75, 3.05) is 14.2 Å². The Morgan fingerprint density at radius 3 is 2.38 bits per heavy atom. The van der Waals surface area contributed by atoms with Gasteiger partial charge in [0.1, 0.15) is 5.76 Å². The number of hydrogen-bond donors (Lipinski definition) is 3. The Morgan fingerprint density at radius 1 is 1.05 bits per heavy atom. The van der Waals surface area contributed by atoms with Gasteiger partial charge in [-0.25, -0.2) is 0 Å². The van der Waals surface area contributed by atoms with Crippen LogP contribution in [-0.4, -0.2) is 35.3 Å². The number of aliphatic hydroxyl groups excluding tert-OH is 1. The minimum atomic E-state index is -0.347. The SMILES string of the molecule is COc1cc(C=CC(O)=CC(=O)C2C3CC(C(C)CCC=C(C)C)C(C=C3C)C2c2ccc(O)c(OC)c2)ccc1O. The topological polar surface area (TPSA) is 96.2 Å². The number of aromatic hydroxyl groups is 2. The molecule has 42 heavy (non-hydrogen) atoms. The monoisotopic (exact) mass is 572 g/mol. The smallest absolute Gasteiger partial charge is 0.163 e. The van der Waals surface area contributed by atoms with Gasteiger partial charge in [0.2, 0.25) is 0 Å². The van der Waals surface area contributed by atoms with Crippen molar-refractivity contribution >= 4 is 11.9 Å². The highest BCUT2D eigenvalue weighted by atomic mass is 16.5. The van der Waals surface area contributed by atoms with Crippen LogP contribution in [0.2, 0.25) is 0 Å². The molecule has 0 heterocycles. The van der Waals surface area contributed by atoms with E-state index in [1.165, 1.54) is 43.6 Å². The number of benzene rings is 2. The van der Waals surface area contributed by atoms with Crippen molar-refractivity contribution in [2.24, 2.45) is 29.6 Å². The van der Waals surface area contributed by atoms with E-state index in [9.17, 15) is 20.1 Å². The van der Waals surface area contributed by atoms with Gasteiger partial charge in [-0.3, -0.25) is 4.79 Å². The molecule has 2 bridgehead atoms. The van der Waals surface area contributed by atoms with Crippen LogP contribution in [-0.2, 0) is 4.79 Å². The van der Waals surface area contributed by atoms with Crippen molar-refractivity contribution < 1.29 is 29.6 Å². The maximum atomic E-state index is 14.0. The second-order valence-electron chi connectivity index (χ2n) is 12.0. The summed E-state index contributed by atoms with van der Waals surface area (Å²) in [5.41, 5.74) is 4.23. The van der Waals surface area contributed by atoms with E-state index in [4.69, 9.17) is 9.47 Å². The van der Waals surface area contributed by atoms with Gasteiger partial charge in [-0.15, -0.1) is 0 Å². The van der Waals surface area contributed by atoms with Gasteiger partial charge in [-0.2, -0.15) is 0 Å². The number of phenols is 2. The third-order valence-corrected chi connectivity index (χ3v) is 9.06. The molecule has 6 heteroatoms. The molecule has 3 aliphatic carbocycles. The lowest BCUT2D eigenvalue weighted by atomic mass is 9.51. The average molecular weight is 573 g/mol. The molecule has 2 aromatic carbocycles. The summed E-state index contributed by atoms with van der Waals surface area (Å²) in [6.45, 7) is 8.71. The molecule has 5 rings (SSSR count). The van der Waals surface area contributed by atoms with Gasteiger partial charge in [0, 0.05) is 17.9 Å². The first-order chi connectivity index (χ1) is 20.0. The second kappa shape index (κ2) is 13.4. The Kier molecular flexibility index (Phi) is 9.87. The summed E-state index contributed by atoms with van der Waals surface area (Å²) in [6.07, 6.45) is 12.2. The first-order valence-electron chi connectivity index (χ1n) is 14.7. The molecule has 0 radical (unpaired) electrons. The maximum Gasteiger partial charge on any atom is 0.163 e. The van der Waals surface area contributed by atoms with Crippen LogP contribution in [0.1, 0.15) is 64.0 Å². The number of carbonyl (C=O) groups excluding carboxylic acids is 1. The van der Waals surface area contributed by atoms with Gasteiger partial charge in [0.05, 0.1) is 14.2 Å². The molecule has 6 atom stereocenters. The second-order valence-corrected chi connectivity index (χ2v) is 12.0. The van der Waals surface area contributed by atoms with Gasteiger partial charge in [-0.1, -0.05) is 48.4 Å². The molecule has 2 aromatic rings. The number of allylic oxidation sites excluding steroid dienone is 6. The highest BCUT2D eigenvalue weighted by molar-refractivity contribution is 5.94. The number of methoxy groups -OCH3 is 2. The van der Waals surface area contributed by atoms with Crippen molar-refractivity contribution in [3.05, 3.63) is 88.7 Å². The summed E-state index contributed by atoms with van der Waals surface area (Å²) in [4.78, 5) is 14.0. The minimum absolute atomic E-state index is 0.0295. The van der Waals surface area contributed by atoms with Crippen molar-refractivity contribution in [1.29, 1.82) is 0 Å². The standard InChI is InChI=1S/C36H44O6/c1-21(2)8-7-9-22(3)27-20-28-23(4)16-29(27)35(25-12-15-31(39)34(18-25)42-6)36(28)32(40)19-26(37)13-10-24-11-14-30(38)33(17-24)41-5/h8,10-19,22,27-29,35-39H,7,9,20H2,1-6H3. The van der Waals surface area contributed by atoms with E-state index in [0.29, 0.717) is 28.9 Å². The van der Waals surface area contributed by atoms with E-state index >= 15 is 0 Å². The summed E-state index contributed by atoms with van der Waals surface area (Å²) < 4.78 is 10.6. The number of phenolic OH excluding ortho intramolecular Hbond substituents is 2. The molecule has 1 fully saturated rings. The first kappa shape index (κ1) is 31.0. The fraction of sp³-hybridized carbons (Fsp3) is 0.417. The molecule has 0 aliphatic heterocycles. The Balaban J connectivity index is 1.67. The predicted molar refractivity (Wildman–Crippen MR) is 167 cm³/mol. The zero-order chi connectivity index (χ0) is 30.6. The number of fused-ring (bicyclic) bond motifs is 2. The van der Waals surface area contributed by atoms with Gasteiger partial charge in [0.15, 0.2) is 28.8 Å². The van der Waals surface area contributed by atoms with Crippen LogP contribution in [0.5, 0.6) is 23.0 Å². The van der Waals surface area contributed by atoms with Gasteiger partial charge < -0.3 is 24.8 Å². The van der Waals surface area contributed by atoms with Crippen LogP contribution in [0, 0.1) is 29.6 Å². The number of rotatable bonds is 11. The molecule has 0 spiro atoms. The predicted octanol–water partition coefficient (Wildman–Crippen LogP) is 8.13. The zero-order valence-electron chi connectivity index (χ0n) is 25.5. The Labute approximate surface area is 249 Å². The molecule has 0 saturated heterocycles. The number of carbonyl (C=O) groups is 1. The largest absolute Gasteiger partial charge is 0.508 e. The molecule has 6 unspecified atom stereocenters. The van der Waals surface area contributed by atoms with Crippen LogP contribution in [0.4, 0.5) is 0 Å². The lowest BCUT2D eigenvalue weighted by Crippen LogP contribution is -2.47. The van der Waals surface area contributed by atoms with Crippen LogP contribution in [0.25, 0.3) is 6.08 Å². The lowest BCUT2D eigenvalue weighted by Gasteiger charge is -2.52. The third-order valence-electron chi connectivity index (χ3n) is 9.06. The van der Waals surface area contributed by atoms with Gasteiger partial charge in [-0.05, 0) is 105 Å². The van der Waals surface area contributed by atoms with Crippen molar-refractivity contribution in [2.45, 2.75) is 52.9 Å². The van der Waals surface area contributed by atoms with E-state index in [0.717, 1.165) is 24.8 Å². The van der Waals surface area contributed by atoms with E-state index in [1.54, 1.807) is 24.3 Å². The van der Waals surface area contributed by atoms with Gasteiger partial charge in [0.25, 0.3) is 0 Å². The number of hydrogen-bond acceptors (Lipinski definition) is 6. The van der Waals surface area contributed by atoms with Crippen LogP contribution < -0.4 is 9.47 Å². The number of ether oxygens (including phenoxy) is 2. The summed E-state index contributed by atoms with van der Waals surface area (Å²) in [6, 6.07) is 10.3. The quantitative estimate of drug-likeness (QED) is 0.109. The Bertz CT molecular complexity index is 1410. The Morgan fingerprint density at radius 2 is 1.71 bits per heavy atom. The van der Waals surface area contributed by atoms with Crippen molar-refractivity contribution in [3.8, 4) is 23.0 Å². The van der Waals surface area contributed by atoms with E-state index in [-0.39, 0.29) is 46.7 Å². The number of ketones is 1. The van der Waals surface area contributed by atoms with E-state index < -0.39 is 0 Å². The van der Waals surface area contributed by atoms with E-state index in [1.807, 2.05) is 12.1 Å². The molecular formula is C36H44O6. The third kappa shape index (κ3) is 6.75. The van der Waals surface area contributed by atoms with Crippen LogP contribution in [0.15, 0.2) is 77.6 Å². The highest BCUT2D eigenvalue weighted by Crippen LogP contribution is 2.58. The molecular weight excluding hydrogens is 528 g/mol. The normalized spacial score (nSPS) is 24.3. The summed E-state index contributed by atoms with van der Waals surface area (Å²) >= 11 is 0. The zero-order valence-corrected chi connectivity index (χ0v) is 25.5. The van der Waals surface area contributed by atoms with E-state index in [2.05, 4.69) is 39.8 Å². The Hall–Kier alpha value is -3.93.